The number of hydrogen-bond acceptors (Lipinski definition) is 4. The second kappa shape index (κ2) is 5.12. The van der Waals surface area contributed by atoms with Crippen molar-refractivity contribution in [2.24, 2.45) is 11.7 Å². The van der Waals surface area contributed by atoms with Gasteiger partial charge in [-0.05, 0) is 18.8 Å². The summed E-state index contributed by atoms with van der Waals surface area (Å²) >= 11 is 0. The molecule has 0 bridgehead atoms. The van der Waals surface area contributed by atoms with Crippen molar-refractivity contribution in [2.75, 3.05) is 18.5 Å². The zero-order valence-electron chi connectivity index (χ0n) is 10.2. The average Bonchev–Trinajstić information content (AvgIpc) is 2.82. The number of nitrogen functional groups attached to an aromatic ring is 1. The van der Waals surface area contributed by atoms with Gasteiger partial charge in [0.15, 0.2) is 0 Å². The molecule has 17 heavy (non-hydrogen) atoms. The summed E-state index contributed by atoms with van der Waals surface area (Å²) in [4.78, 5) is 10.5. The third kappa shape index (κ3) is 2.93. The standard InChI is InChI=1S/C12H19N5/c1-17(8-9-4-2-3-5-9)11-7-15-10(6-16-11)12(13)14/h6-7,9H,2-5,8H2,1H3,(H3,13,14). The summed E-state index contributed by atoms with van der Waals surface area (Å²) in [5.41, 5.74) is 5.77. The molecular weight excluding hydrogens is 214 g/mol. The van der Waals surface area contributed by atoms with E-state index >= 15 is 0 Å². The van der Waals surface area contributed by atoms with Crippen molar-refractivity contribution in [2.45, 2.75) is 25.7 Å². The van der Waals surface area contributed by atoms with Crippen molar-refractivity contribution in [1.82, 2.24) is 9.97 Å². The van der Waals surface area contributed by atoms with Crippen LogP contribution in [0.4, 0.5) is 5.82 Å². The molecule has 0 atom stereocenters. The molecule has 5 heteroatoms. The molecule has 92 valence electrons. The summed E-state index contributed by atoms with van der Waals surface area (Å²) in [5.74, 6) is 1.60. The molecule has 1 saturated carbocycles. The Hall–Kier alpha value is -1.65. The van der Waals surface area contributed by atoms with Crippen LogP contribution in [0.3, 0.4) is 0 Å². The molecule has 0 spiro atoms. The normalized spacial score (nSPS) is 16.1. The second-order valence-electron chi connectivity index (χ2n) is 4.70. The summed E-state index contributed by atoms with van der Waals surface area (Å²) in [6.07, 6.45) is 8.60. The summed E-state index contributed by atoms with van der Waals surface area (Å²) in [6, 6.07) is 0. The van der Waals surface area contributed by atoms with Crippen molar-refractivity contribution in [3.8, 4) is 0 Å². The number of hydrogen-bond donors (Lipinski definition) is 2. The van der Waals surface area contributed by atoms with Crippen LogP contribution in [0.25, 0.3) is 0 Å². The number of nitrogens with zero attached hydrogens (tertiary/aromatic N) is 3. The van der Waals surface area contributed by atoms with E-state index in [1.54, 1.807) is 12.4 Å². The minimum absolute atomic E-state index is 0.0394. The van der Waals surface area contributed by atoms with Crippen molar-refractivity contribution < 1.29 is 0 Å². The van der Waals surface area contributed by atoms with E-state index in [1.165, 1.54) is 25.7 Å². The maximum Gasteiger partial charge on any atom is 0.146 e. The molecule has 1 fully saturated rings. The van der Waals surface area contributed by atoms with E-state index in [0.717, 1.165) is 18.3 Å². The van der Waals surface area contributed by atoms with Gasteiger partial charge in [0.2, 0.25) is 0 Å². The number of rotatable bonds is 4. The van der Waals surface area contributed by atoms with Crippen LogP contribution in [0.15, 0.2) is 12.4 Å². The molecule has 1 aromatic heterocycles. The van der Waals surface area contributed by atoms with E-state index in [1.807, 2.05) is 7.05 Å². The number of anilines is 1. The molecule has 0 radical (unpaired) electrons. The third-order valence-electron chi connectivity index (χ3n) is 3.31. The second-order valence-corrected chi connectivity index (χ2v) is 4.70. The topological polar surface area (TPSA) is 78.9 Å². The van der Waals surface area contributed by atoms with Gasteiger partial charge in [0.05, 0.1) is 12.4 Å². The zero-order valence-corrected chi connectivity index (χ0v) is 10.2. The van der Waals surface area contributed by atoms with Crippen LogP contribution in [0.2, 0.25) is 0 Å². The minimum atomic E-state index is -0.0394. The highest BCUT2D eigenvalue weighted by Gasteiger charge is 2.17. The Morgan fingerprint density at radius 3 is 2.65 bits per heavy atom. The van der Waals surface area contributed by atoms with E-state index in [0.29, 0.717) is 5.69 Å². The Kier molecular flexibility index (Phi) is 3.56. The highest BCUT2D eigenvalue weighted by Crippen LogP contribution is 2.26. The fourth-order valence-electron chi connectivity index (χ4n) is 2.33. The zero-order chi connectivity index (χ0) is 12.3. The van der Waals surface area contributed by atoms with Gasteiger partial charge in [-0.15, -0.1) is 0 Å². The Morgan fingerprint density at radius 2 is 2.12 bits per heavy atom. The van der Waals surface area contributed by atoms with Crippen LogP contribution >= 0.6 is 0 Å². The smallest absolute Gasteiger partial charge is 0.146 e. The van der Waals surface area contributed by atoms with Crippen molar-refractivity contribution in [3.05, 3.63) is 18.1 Å². The van der Waals surface area contributed by atoms with Gasteiger partial charge in [0, 0.05) is 13.6 Å². The monoisotopic (exact) mass is 233 g/mol. The Morgan fingerprint density at radius 1 is 1.41 bits per heavy atom. The van der Waals surface area contributed by atoms with E-state index in [2.05, 4.69) is 14.9 Å². The van der Waals surface area contributed by atoms with Crippen LogP contribution in [0.5, 0.6) is 0 Å². The van der Waals surface area contributed by atoms with Crippen LogP contribution in [-0.2, 0) is 0 Å². The molecule has 0 aromatic carbocycles. The molecule has 1 aromatic rings. The predicted molar refractivity (Wildman–Crippen MR) is 68.3 cm³/mol. The van der Waals surface area contributed by atoms with Crippen molar-refractivity contribution in [1.29, 1.82) is 5.41 Å². The summed E-state index contributed by atoms with van der Waals surface area (Å²) in [5, 5.41) is 7.26. The lowest BCUT2D eigenvalue weighted by atomic mass is 10.1. The molecular formula is C12H19N5. The van der Waals surface area contributed by atoms with E-state index < -0.39 is 0 Å². The molecule has 1 heterocycles. The molecule has 0 amide bonds. The lowest BCUT2D eigenvalue weighted by molar-refractivity contribution is 0.544. The first-order valence-corrected chi connectivity index (χ1v) is 6.04. The molecule has 0 saturated heterocycles. The number of nitrogens with one attached hydrogen (secondary N) is 1. The first-order chi connectivity index (χ1) is 8.16. The number of nitrogens with two attached hydrogens (primary N) is 1. The Balaban J connectivity index is 1.98. The van der Waals surface area contributed by atoms with Gasteiger partial charge in [-0.25, -0.2) is 9.97 Å². The molecule has 0 unspecified atom stereocenters. The van der Waals surface area contributed by atoms with Gasteiger partial charge in [0.25, 0.3) is 0 Å². The van der Waals surface area contributed by atoms with Gasteiger partial charge < -0.3 is 10.6 Å². The molecule has 1 aliphatic carbocycles. The maximum atomic E-state index is 7.26. The van der Waals surface area contributed by atoms with E-state index in [4.69, 9.17) is 11.1 Å². The van der Waals surface area contributed by atoms with Gasteiger partial charge >= 0.3 is 0 Å². The molecule has 3 N–H and O–H groups in total. The van der Waals surface area contributed by atoms with Crippen molar-refractivity contribution in [3.63, 3.8) is 0 Å². The summed E-state index contributed by atoms with van der Waals surface area (Å²) in [7, 11) is 2.04. The number of amidine groups is 1. The Labute approximate surface area is 102 Å². The van der Waals surface area contributed by atoms with Crippen LogP contribution in [0.1, 0.15) is 31.4 Å². The third-order valence-corrected chi connectivity index (χ3v) is 3.31. The highest BCUT2D eigenvalue weighted by atomic mass is 15.2. The largest absolute Gasteiger partial charge is 0.382 e. The lowest BCUT2D eigenvalue weighted by Gasteiger charge is -2.21. The average molecular weight is 233 g/mol. The molecule has 1 aliphatic rings. The van der Waals surface area contributed by atoms with Crippen LogP contribution in [0, 0.1) is 11.3 Å². The summed E-state index contributed by atoms with van der Waals surface area (Å²) < 4.78 is 0. The van der Waals surface area contributed by atoms with E-state index in [-0.39, 0.29) is 5.84 Å². The predicted octanol–water partition coefficient (Wildman–Crippen LogP) is 1.39. The maximum absolute atomic E-state index is 7.26. The fraction of sp³-hybridized carbons (Fsp3) is 0.583. The minimum Gasteiger partial charge on any atom is -0.382 e. The quantitative estimate of drug-likeness (QED) is 0.608. The number of aromatic nitrogens is 2. The first kappa shape index (κ1) is 11.8. The van der Waals surface area contributed by atoms with Crippen LogP contribution < -0.4 is 10.6 Å². The van der Waals surface area contributed by atoms with Gasteiger partial charge in [0.1, 0.15) is 17.3 Å². The van der Waals surface area contributed by atoms with Crippen LogP contribution in [-0.4, -0.2) is 29.4 Å². The SMILES string of the molecule is CN(CC1CCCC1)c1cnc(C(=N)N)cn1. The molecule has 2 rings (SSSR count). The lowest BCUT2D eigenvalue weighted by Crippen LogP contribution is -2.25. The van der Waals surface area contributed by atoms with Crippen molar-refractivity contribution >= 4 is 11.7 Å². The fourth-order valence-corrected chi connectivity index (χ4v) is 2.33. The van der Waals surface area contributed by atoms with E-state index in [9.17, 15) is 0 Å². The van der Waals surface area contributed by atoms with Gasteiger partial charge in [-0.3, -0.25) is 5.41 Å². The highest BCUT2D eigenvalue weighted by molar-refractivity contribution is 5.92. The Bertz CT molecular complexity index is 380. The molecule has 0 aliphatic heterocycles. The van der Waals surface area contributed by atoms with Gasteiger partial charge in [-0.1, -0.05) is 12.8 Å². The van der Waals surface area contributed by atoms with Gasteiger partial charge in [-0.2, -0.15) is 0 Å². The first-order valence-electron chi connectivity index (χ1n) is 6.04. The molecule has 5 nitrogen and oxygen atoms in total. The summed E-state index contributed by atoms with van der Waals surface area (Å²) in [6.45, 7) is 1.04.